The van der Waals surface area contributed by atoms with E-state index in [4.69, 9.17) is 28.4 Å². The van der Waals surface area contributed by atoms with Crippen molar-refractivity contribution < 1.29 is 57.1 Å². The van der Waals surface area contributed by atoms with Crippen LogP contribution in [0.3, 0.4) is 0 Å². The molecule has 0 saturated heterocycles. The van der Waals surface area contributed by atoms with Gasteiger partial charge in [-0.3, -0.25) is 24.0 Å². The van der Waals surface area contributed by atoms with E-state index in [9.17, 15) is 24.0 Å². The quantitative estimate of drug-likeness (QED) is 0.153. The molecule has 0 amide bonds. The Morgan fingerprint density at radius 1 is 0.426 bits per heavy atom. The lowest BCUT2D eigenvalue weighted by atomic mass is 9.97. The van der Waals surface area contributed by atoms with Gasteiger partial charge in [0.15, 0.2) is 0 Å². The van der Waals surface area contributed by atoms with Crippen LogP contribution in [-0.4, -0.2) is 85.3 Å². The summed E-state index contributed by atoms with van der Waals surface area (Å²) in [6, 6.07) is 0. The SMILES string of the molecule is C.CC(C)(C)OC(=O)C(C)(C)C.CC(C)(C)OC(C)(C)C.CCCC(=O)OC.CCCOC(=O)CCC(=O)OC(C)(C)C.COCCC(=O)OC(C)(C)C. The monoisotopic (exact) mass is 783 g/mol. The Morgan fingerprint density at radius 2 is 0.796 bits per heavy atom. The van der Waals surface area contributed by atoms with Crippen molar-refractivity contribution >= 4 is 29.8 Å². The molecular formula is C42H86O12. The van der Waals surface area contributed by atoms with E-state index >= 15 is 0 Å². The van der Waals surface area contributed by atoms with Gasteiger partial charge in [-0.1, -0.05) is 21.3 Å². The molecule has 0 aliphatic heterocycles. The molecule has 54 heavy (non-hydrogen) atoms. The summed E-state index contributed by atoms with van der Waals surface area (Å²) in [4.78, 5) is 54.6. The van der Waals surface area contributed by atoms with Crippen molar-refractivity contribution in [3.8, 4) is 0 Å². The van der Waals surface area contributed by atoms with Gasteiger partial charge in [0.1, 0.15) is 16.8 Å². The van der Waals surface area contributed by atoms with Gasteiger partial charge < -0.3 is 33.2 Å². The Hall–Kier alpha value is -2.73. The number of esters is 5. The van der Waals surface area contributed by atoms with Crippen molar-refractivity contribution in [3.63, 3.8) is 0 Å². The minimum absolute atomic E-state index is 0. The fourth-order valence-corrected chi connectivity index (χ4v) is 3.12. The number of ether oxygens (including phenoxy) is 7. The highest BCUT2D eigenvalue weighted by Crippen LogP contribution is 2.20. The molecule has 0 aromatic rings. The average Bonchev–Trinajstić information content (AvgIpc) is 2.90. The maximum Gasteiger partial charge on any atom is 0.311 e. The topological polar surface area (TPSA) is 150 Å². The lowest BCUT2D eigenvalue weighted by Crippen LogP contribution is -2.31. The molecule has 0 aliphatic carbocycles. The van der Waals surface area contributed by atoms with E-state index in [1.54, 1.807) is 27.9 Å². The molecular weight excluding hydrogens is 696 g/mol. The van der Waals surface area contributed by atoms with Crippen molar-refractivity contribution in [2.75, 3.05) is 27.4 Å². The molecule has 0 spiro atoms. The van der Waals surface area contributed by atoms with Gasteiger partial charge in [0.25, 0.3) is 0 Å². The summed E-state index contributed by atoms with van der Waals surface area (Å²) in [6.07, 6.45) is 2.70. The van der Waals surface area contributed by atoms with Crippen LogP contribution in [0.4, 0.5) is 0 Å². The van der Waals surface area contributed by atoms with Crippen molar-refractivity contribution in [2.45, 2.75) is 212 Å². The highest BCUT2D eigenvalue weighted by molar-refractivity contribution is 5.78. The smallest absolute Gasteiger partial charge is 0.311 e. The molecule has 12 nitrogen and oxygen atoms in total. The van der Waals surface area contributed by atoms with Gasteiger partial charge in [-0.15, -0.1) is 0 Å². The van der Waals surface area contributed by atoms with E-state index in [0.717, 1.165) is 12.8 Å². The molecule has 0 atom stereocenters. The summed E-state index contributed by atoms with van der Waals surface area (Å²) in [5.74, 6) is -1.19. The largest absolute Gasteiger partial charge is 0.469 e. The predicted octanol–water partition coefficient (Wildman–Crippen LogP) is 10.00. The summed E-state index contributed by atoms with van der Waals surface area (Å²) in [5.41, 5.74) is -1.68. The van der Waals surface area contributed by atoms with Gasteiger partial charge in [0.05, 0.1) is 56.2 Å². The second-order valence-electron chi connectivity index (χ2n) is 18.0. The number of hydrogen-bond acceptors (Lipinski definition) is 12. The van der Waals surface area contributed by atoms with E-state index in [1.807, 2.05) is 76.2 Å². The van der Waals surface area contributed by atoms with Crippen LogP contribution in [0.2, 0.25) is 0 Å². The standard InChI is InChI=1S/C11H20O4.C9H18O2.C8H16O3.C8H18O.C5H10O2.CH4/c1-5-8-14-9(12)6-7-10(13)15-11(2,3)4;1-8(2,3)7(10)11-9(4,5)6;1-8(2,3)11-7(9)5-6-10-4;1-7(2,3)9-8(4,5)6;1-3-4-5(6)7-2;/h5-8H2,1-4H3;1-6H3;5-6H2,1-4H3;1-6H3;3-4H2,1-2H3;1H4. The zero-order valence-electron chi connectivity index (χ0n) is 38.1. The van der Waals surface area contributed by atoms with Gasteiger partial charge in [0, 0.05) is 13.5 Å². The van der Waals surface area contributed by atoms with E-state index in [-0.39, 0.29) is 72.5 Å². The lowest BCUT2D eigenvalue weighted by Gasteiger charge is -2.30. The van der Waals surface area contributed by atoms with Crippen LogP contribution < -0.4 is 0 Å². The molecule has 326 valence electrons. The van der Waals surface area contributed by atoms with Crippen LogP contribution in [0.5, 0.6) is 0 Å². The molecule has 0 saturated carbocycles. The predicted molar refractivity (Wildman–Crippen MR) is 218 cm³/mol. The Kier molecular flexibility index (Phi) is 35.7. The van der Waals surface area contributed by atoms with Crippen molar-refractivity contribution in [3.05, 3.63) is 0 Å². The maximum absolute atomic E-state index is 11.3. The lowest BCUT2D eigenvalue weighted by molar-refractivity contribution is -0.164. The zero-order valence-corrected chi connectivity index (χ0v) is 38.1. The van der Waals surface area contributed by atoms with Crippen molar-refractivity contribution in [2.24, 2.45) is 5.41 Å². The summed E-state index contributed by atoms with van der Waals surface area (Å²) in [7, 11) is 2.96. The van der Waals surface area contributed by atoms with E-state index in [2.05, 4.69) is 46.3 Å². The third kappa shape index (κ3) is 64.2. The third-order valence-corrected chi connectivity index (χ3v) is 4.66. The van der Waals surface area contributed by atoms with Crippen LogP contribution in [-0.2, 0) is 57.1 Å². The van der Waals surface area contributed by atoms with Gasteiger partial charge in [0.2, 0.25) is 0 Å². The van der Waals surface area contributed by atoms with E-state index in [1.165, 1.54) is 7.11 Å². The number of methoxy groups -OCH3 is 2. The van der Waals surface area contributed by atoms with Crippen LogP contribution in [0.25, 0.3) is 0 Å². The fraction of sp³-hybridized carbons (Fsp3) is 0.881. The minimum atomic E-state index is -0.496. The normalized spacial score (nSPS) is 11.4. The van der Waals surface area contributed by atoms with Crippen LogP contribution in [0.1, 0.15) is 184 Å². The molecule has 0 radical (unpaired) electrons. The van der Waals surface area contributed by atoms with Crippen molar-refractivity contribution in [1.82, 2.24) is 0 Å². The Morgan fingerprint density at radius 3 is 1.02 bits per heavy atom. The second kappa shape index (κ2) is 30.5. The Bertz CT molecular complexity index is 979. The van der Waals surface area contributed by atoms with Gasteiger partial charge in [-0.05, 0) is 137 Å². The van der Waals surface area contributed by atoms with Crippen molar-refractivity contribution in [1.29, 1.82) is 0 Å². The molecule has 0 fully saturated rings. The Balaban J connectivity index is -0.000000136. The average molecular weight is 783 g/mol. The van der Waals surface area contributed by atoms with Gasteiger partial charge in [-0.25, -0.2) is 0 Å². The molecule has 12 heteroatoms. The van der Waals surface area contributed by atoms with Crippen LogP contribution in [0, 0.1) is 5.41 Å². The highest BCUT2D eigenvalue weighted by atomic mass is 16.6. The van der Waals surface area contributed by atoms with Crippen LogP contribution in [0.15, 0.2) is 0 Å². The first-order valence-corrected chi connectivity index (χ1v) is 18.5. The molecule has 0 heterocycles. The third-order valence-electron chi connectivity index (χ3n) is 4.66. The molecule has 0 aromatic carbocycles. The summed E-state index contributed by atoms with van der Waals surface area (Å²) in [5, 5.41) is 0. The molecule has 0 bridgehead atoms. The fourth-order valence-electron chi connectivity index (χ4n) is 3.12. The summed E-state index contributed by atoms with van der Waals surface area (Å²) < 4.78 is 34.8. The van der Waals surface area contributed by atoms with E-state index in [0.29, 0.717) is 26.1 Å². The van der Waals surface area contributed by atoms with Gasteiger partial charge in [-0.2, -0.15) is 0 Å². The molecule has 0 aliphatic rings. The number of carbonyl (C=O) groups is 5. The molecule has 0 rings (SSSR count). The molecule has 0 N–H and O–H groups in total. The first-order chi connectivity index (χ1) is 23.4. The highest BCUT2D eigenvalue weighted by Gasteiger charge is 2.27. The molecule has 0 aromatic heterocycles. The summed E-state index contributed by atoms with van der Waals surface area (Å²) >= 11 is 0. The zero-order chi connectivity index (χ0) is 43.5. The first kappa shape index (κ1) is 63.2. The maximum atomic E-state index is 11.3. The van der Waals surface area contributed by atoms with Gasteiger partial charge >= 0.3 is 29.8 Å². The minimum Gasteiger partial charge on any atom is -0.469 e. The Labute approximate surface area is 331 Å². The number of carbonyl (C=O) groups excluding carboxylic acids is 5. The number of rotatable bonds is 10. The number of hydrogen-bond donors (Lipinski definition) is 0. The molecule has 0 unspecified atom stereocenters. The van der Waals surface area contributed by atoms with Crippen LogP contribution >= 0.6 is 0 Å². The first-order valence-electron chi connectivity index (χ1n) is 18.5. The summed E-state index contributed by atoms with van der Waals surface area (Å²) in [6.45, 7) is 39.2. The second-order valence-corrected chi connectivity index (χ2v) is 18.0. The van der Waals surface area contributed by atoms with E-state index < -0.39 is 11.0 Å².